The molecule has 2 N–H and O–H groups in total. The second-order valence-corrected chi connectivity index (χ2v) is 7.73. The van der Waals surface area contributed by atoms with Crippen molar-refractivity contribution in [2.45, 2.75) is 44.8 Å². The number of carbonyl (C=O) groups is 1. The number of aliphatic hydroxyl groups excluding tert-OH is 1. The number of urea groups is 1. The number of benzene rings is 1. The number of rotatable bonds is 5. The topological polar surface area (TPSA) is 55.8 Å². The Morgan fingerprint density at radius 1 is 1.32 bits per heavy atom. The molecule has 5 nitrogen and oxygen atoms in total. The highest BCUT2D eigenvalue weighted by atomic mass is 16.3. The van der Waals surface area contributed by atoms with Crippen LogP contribution in [0.25, 0.3) is 0 Å². The van der Waals surface area contributed by atoms with Gasteiger partial charge in [-0.1, -0.05) is 36.8 Å². The lowest BCUT2D eigenvalue weighted by molar-refractivity contribution is 0.144. The van der Waals surface area contributed by atoms with E-state index in [9.17, 15) is 9.90 Å². The highest BCUT2D eigenvalue weighted by Crippen LogP contribution is 2.37. The fourth-order valence-corrected chi connectivity index (χ4v) is 4.30. The van der Waals surface area contributed by atoms with Crippen molar-refractivity contribution in [1.82, 2.24) is 15.1 Å². The molecule has 1 heterocycles. The van der Waals surface area contributed by atoms with Crippen molar-refractivity contribution in [3.8, 4) is 0 Å². The van der Waals surface area contributed by atoms with E-state index < -0.39 is 0 Å². The molecule has 4 unspecified atom stereocenters. The van der Waals surface area contributed by atoms with Crippen LogP contribution in [0.4, 0.5) is 4.79 Å². The van der Waals surface area contributed by atoms with Gasteiger partial charge >= 0.3 is 6.03 Å². The van der Waals surface area contributed by atoms with Crippen LogP contribution in [0.3, 0.4) is 0 Å². The quantitative estimate of drug-likeness (QED) is 0.861. The van der Waals surface area contributed by atoms with Crippen LogP contribution in [0.15, 0.2) is 30.3 Å². The van der Waals surface area contributed by atoms with E-state index >= 15 is 0 Å². The van der Waals surface area contributed by atoms with Crippen LogP contribution in [-0.2, 0) is 6.54 Å². The predicted octanol–water partition coefficient (Wildman–Crippen LogP) is 2.31. The van der Waals surface area contributed by atoms with Crippen molar-refractivity contribution >= 4 is 6.03 Å². The van der Waals surface area contributed by atoms with E-state index in [0.717, 1.165) is 26.1 Å². The first-order valence-electron chi connectivity index (χ1n) is 9.49. The molecule has 4 atom stereocenters. The monoisotopic (exact) mass is 345 g/mol. The fourth-order valence-electron chi connectivity index (χ4n) is 4.30. The fraction of sp³-hybridized carbons (Fsp3) is 0.650. The molecule has 0 radical (unpaired) electrons. The summed E-state index contributed by atoms with van der Waals surface area (Å²) in [5.74, 6) is 1.22. The van der Waals surface area contributed by atoms with E-state index in [1.165, 1.54) is 18.4 Å². The van der Waals surface area contributed by atoms with Crippen molar-refractivity contribution in [2.75, 3.05) is 26.7 Å². The molecule has 1 saturated heterocycles. The summed E-state index contributed by atoms with van der Waals surface area (Å²) in [5.41, 5.74) is 1.36. The van der Waals surface area contributed by atoms with E-state index in [1.54, 1.807) is 11.9 Å². The van der Waals surface area contributed by atoms with E-state index in [0.29, 0.717) is 11.8 Å². The van der Waals surface area contributed by atoms with Gasteiger partial charge in [-0.15, -0.1) is 0 Å². The summed E-state index contributed by atoms with van der Waals surface area (Å²) in [6, 6.07) is 10.7. The average molecular weight is 345 g/mol. The van der Waals surface area contributed by atoms with Gasteiger partial charge < -0.3 is 15.3 Å². The number of hydrogen-bond donors (Lipinski definition) is 2. The van der Waals surface area contributed by atoms with Crippen LogP contribution >= 0.6 is 0 Å². The summed E-state index contributed by atoms with van der Waals surface area (Å²) >= 11 is 0. The number of aliphatic hydroxyl groups is 1. The second kappa shape index (κ2) is 8.19. The van der Waals surface area contributed by atoms with Crippen molar-refractivity contribution in [3.63, 3.8) is 0 Å². The number of likely N-dealkylation sites (tertiary alicyclic amines) is 1. The van der Waals surface area contributed by atoms with Crippen molar-refractivity contribution < 1.29 is 9.90 Å². The Morgan fingerprint density at radius 3 is 2.80 bits per heavy atom. The Balaban J connectivity index is 1.59. The van der Waals surface area contributed by atoms with Gasteiger partial charge in [-0.05, 0) is 37.2 Å². The van der Waals surface area contributed by atoms with Crippen LogP contribution in [0.2, 0.25) is 0 Å². The molecular formula is C20H31N3O2. The Bertz CT molecular complexity index is 565. The number of nitrogens with zero attached hydrogens (tertiary/aromatic N) is 2. The second-order valence-electron chi connectivity index (χ2n) is 7.73. The van der Waals surface area contributed by atoms with Gasteiger partial charge in [0.2, 0.25) is 0 Å². The molecule has 25 heavy (non-hydrogen) atoms. The minimum atomic E-state index is -0.155. The predicted molar refractivity (Wildman–Crippen MR) is 99.2 cm³/mol. The van der Waals surface area contributed by atoms with Crippen LogP contribution in [0.1, 0.15) is 31.7 Å². The minimum absolute atomic E-state index is 0.00844. The molecule has 5 heteroatoms. The summed E-state index contributed by atoms with van der Waals surface area (Å²) in [5, 5.41) is 12.5. The number of hydrogen-bond acceptors (Lipinski definition) is 3. The molecule has 1 saturated carbocycles. The van der Waals surface area contributed by atoms with E-state index in [-0.39, 0.29) is 24.7 Å². The Morgan fingerprint density at radius 2 is 2.08 bits per heavy atom. The van der Waals surface area contributed by atoms with Crippen LogP contribution < -0.4 is 5.32 Å². The minimum Gasteiger partial charge on any atom is -0.394 e. The van der Waals surface area contributed by atoms with Crippen LogP contribution in [-0.4, -0.2) is 59.8 Å². The van der Waals surface area contributed by atoms with Crippen molar-refractivity contribution in [1.29, 1.82) is 0 Å². The molecule has 138 valence electrons. The van der Waals surface area contributed by atoms with E-state index in [1.807, 2.05) is 6.92 Å². The number of fused-ring (bicyclic) bond motifs is 1. The number of nitrogens with one attached hydrogen (secondary N) is 1. The first kappa shape index (κ1) is 18.2. The summed E-state index contributed by atoms with van der Waals surface area (Å²) in [7, 11) is 1.76. The molecule has 2 aliphatic rings. The number of carbonyl (C=O) groups excluding carboxylic acids is 1. The first-order chi connectivity index (χ1) is 12.1. The van der Waals surface area contributed by atoms with Gasteiger partial charge in [-0.3, -0.25) is 4.90 Å². The van der Waals surface area contributed by atoms with Gasteiger partial charge in [0.15, 0.2) is 0 Å². The van der Waals surface area contributed by atoms with Crippen LogP contribution in [0.5, 0.6) is 0 Å². The van der Waals surface area contributed by atoms with E-state index in [4.69, 9.17) is 0 Å². The zero-order valence-electron chi connectivity index (χ0n) is 15.4. The Hall–Kier alpha value is -1.59. The molecule has 2 fully saturated rings. The summed E-state index contributed by atoms with van der Waals surface area (Å²) < 4.78 is 0. The summed E-state index contributed by atoms with van der Waals surface area (Å²) in [4.78, 5) is 16.6. The third-order valence-corrected chi connectivity index (χ3v) is 5.98. The highest BCUT2D eigenvalue weighted by molar-refractivity contribution is 5.74. The lowest BCUT2D eigenvalue weighted by atomic mass is 9.78. The molecule has 3 rings (SSSR count). The number of amides is 2. The third kappa shape index (κ3) is 4.33. The zero-order valence-corrected chi connectivity index (χ0v) is 15.4. The smallest absolute Gasteiger partial charge is 0.317 e. The Kier molecular flexibility index (Phi) is 5.97. The summed E-state index contributed by atoms with van der Waals surface area (Å²) in [6.07, 6.45) is 3.52. The van der Waals surface area contributed by atoms with Gasteiger partial charge in [0.1, 0.15) is 0 Å². The zero-order chi connectivity index (χ0) is 17.8. The van der Waals surface area contributed by atoms with Gasteiger partial charge in [0.25, 0.3) is 0 Å². The molecular weight excluding hydrogens is 314 g/mol. The molecule has 1 aromatic rings. The van der Waals surface area contributed by atoms with Crippen molar-refractivity contribution in [3.05, 3.63) is 35.9 Å². The Labute approximate surface area is 151 Å². The molecule has 1 aliphatic carbocycles. The molecule has 1 aromatic carbocycles. The number of likely N-dealkylation sites (N-methyl/N-ethyl adjacent to an activating group) is 1. The van der Waals surface area contributed by atoms with E-state index in [2.05, 4.69) is 40.5 Å². The molecule has 0 bridgehead atoms. The maximum absolute atomic E-state index is 12.5. The standard InChI is InChI=1S/C20H31N3O2/c1-15(14-24)22(2)20(25)21-19-10-6-9-17-12-23(13-18(17)19)11-16-7-4-3-5-8-16/h3-5,7-8,15,17-19,24H,6,9-14H2,1-2H3,(H,21,25). The van der Waals surface area contributed by atoms with Gasteiger partial charge in [0, 0.05) is 32.7 Å². The molecule has 2 amide bonds. The van der Waals surface area contributed by atoms with Gasteiger partial charge in [-0.25, -0.2) is 4.79 Å². The maximum Gasteiger partial charge on any atom is 0.317 e. The molecule has 1 aliphatic heterocycles. The average Bonchev–Trinajstić information content (AvgIpc) is 3.04. The highest BCUT2D eigenvalue weighted by Gasteiger charge is 2.41. The summed E-state index contributed by atoms with van der Waals surface area (Å²) in [6.45, 7) is 5.04. The van der Waals surface area contributed by atoms with Crippen LogP contribution in [0, 0.1) is 11.8 Å². The maximum atomic E-state index is 12.5. The SMILES string of the molecule is CC(CO)N(C)C(=O)NC1CCCC2CN(Cc3ccccc3)CC21. The third-order valence-electron chi connectivity index (χ3n) is 5.98. The normalized spacial score (nSPS) is 27.6. The lowest BCUT2D eigenvalue weighted by Crippen LogP contribution is -2.51. The molecule has 0 aromatic heterocycles. The molecule has 0 spiro atoms. The van der Waals surface area contributed by atoms with Gasteiger partial charge in [0.05, 0.1) is 12.6 Å². The van der Waals surface area contributed by atoms with Gasteiger partial charge in [-0.2, -0.15) is 0 Å². The lowest BCUT2D eigenvalue weighted by Gasteiger charge is -2.35. The van der Waals surface area contributed by atoms with Crippen molar-refractivity contribution in [2.24, 2.45) is 11.8 Å². The largest absolute Gasteiger partial charge is 0.394 e. The first-order valence-corrected chi connectivity index (χ1v) is 9.49.